The zero-order chi connectivity index (χ0) is 9.84. The monoisotopic (exact) mass is 198 g/mol. The highest BCUT2D eigenvalue weighted by Gasteiger charge is 2.01. The van der Waals surface area contributed by atoms with Gasteiger partial charge in [0.2, 0.25) is 5.91 Å². The van der Waals surface area contributed by atoms with Crippen LogP contribution in [-0.4, -0.2) is 10.9 Å². The third kappa shape index (κ3) is 2.70. The Labute approximate surface area is 82.1 Å². The van der Waals surface area contributed by atoms with Gasteiger partial charge in [0.25, 0.3) is 0 Å². The molecule has 0 aromatic carbocycles. The third-order valence-electron chi connectivity index (χ3n) is 1.62. The Balaban J connectivity index is 2.79. The normalized spacial score (nSPS) is 9.77. The largest absolute Gasteiger partial charge is 0.325 e. The van der Waals surface area contributed by atoms with E-state index in [0.717, 1.165) is 5.56 Å². The van der Waals surface area contributed by atoms with Crippen LogP contribution in [0.25, 0.3) is 0 Å². The summed E-state index contributed by atoms with van der Waals surface area (Å²) in [6.45, 7) is 3.64. The van der Waals surface area contributed by atoms with E-state index in [9.17, 15) is 4.79 Å². The summed E-state index contributed by atoms with van der Waals surface area (Å²) >= 11 is 5.73. The van der Waals surface area contributed by atoms with E-state index in [1.807, 2.05) is 6.92 Å². The van der Waals surface area contributed by atoms with Crippen LogP contribution in [0.2, 0.25) is 5.15 Å². The molecule has 0 radical (unpaired) electrons. The van der Waals surface area contributed by atoms with Crippen molar-refractivity contribution >= 4 is 23.2 Å². The molecule has 1 amide bonds. The number of nitrogens with one attached hydrogen (secondary N) is 1. The maximum Gasteiger partial charge on any atom is 0.224 e. The minimum Gasteiger partial charge on any atom is -0.325 e. The van der Waals surface area contributed by atoms with Gasteiger partial charge in [0.05, 0.1) is 11.9 Å². The van der Waals surface area contributed by atoms with Crippen LogP contribution < -0.4 is 5.32 Å². The molecule has 0 saturated heterocycles. The highest BCUT2D eigenvalue weighted by molar-refractivity contribution is 6.30. The Kier molecular flexibility index (Phi) is 3.25. The lowest BCUT2D eigenvalue weighted by molar-refractivity contribution is -0.115. The average Bonchev–Trinajstić information content (AvgIpc) is 2.11. The van der Waals surface area contributed by atoms with E-state index in [1.165, 1.54) is 0 Å². The fraction of sp³-hybridized carbons (Fsp3) is 0.333. The highest BCUT2D eigenvalue weighted by atomic mass is 35.5. The molecule has 13 heavy (non-hydrogen) atoms. The van der Waals surface area contributed by atoms with Crippen molar-refractivity contribution in [2.45, 2.75) is 20.3 Å². The second-order valence-corrected chi connectivity index (χ2v) is 3.09. The number of halogens is 1. The molecule has 0 atom stereocenters. The van der Waals surface area contributed by atoms with E-state index < -0.39 is 0 Å². The molecule has 0 aliphatic rings. The number of amides is 1. The van der Waals surface area contributed by atoms with Crippen molar-refractivity contribution in [1.29, 1.82) is 0 Å². The molecule has 1 aromatic rings. The molecule has 0 aliphatic heterocycles. The molecule has 1 heterocycles. The van der Waals surface area contributed by atoms with Crippen molar-refractivity contribution in [2.24, 2.45) is 0 Å². The Morgan fingerprint density at radius 2 is 2.38 bits per heavy atom. The molecule has 0 bridgehead atoms. The van der Waals surface area contributed by atoms with Crippen LogP contribution in [0.15, 0.2) is 12.3 Å². The summed E-state index contributed by atoms with van der Waals surface area (Å²) < 4.78 is 0. The zero-order valence-corrected chi connectivity index (χ0v) is 8.35. The van der Waals surface area contributed by atoms with Crippen molar-refractivity contribution in [1.82, 2.24) is 4.98 Å². The maximum absolute atomic E-state index is 11.0. The fourth-order valence-corrected chi connectivity index (χ4v) is 0.979. The predicted molar refractivity (Wildman–Crippen MR) is 52.9 cm³/mol. The second-order valence-electron chi connectivity index (χ2n) is 2.73. The van der Waals surface area contributed by atoms with Crippen molar-refractivity contribution in [3.05, 3.63) is 23.0 Å². The van der Waals surface area contributed by atoms with Gasteiger partial charge in [0.15, 0.2) is 0 Å². The van der Waals surface area contributed by atoms with Crippen LogP contribution in [0.5, 0.6) is 0 Å². The molecule has 70 valence electrons. The fourth-order valence-electron chi connectivity index (χ4n) is 0.876. The summed E-state index contributed by atoms with van der Waals surface area (Å²) in [5.74, 6) is -0.0245. The topological polar surface area (TPSA) is 42.0 Å². The van der Waals surface area contributed by atoms with E-state index in [1.54, 1.807) is 19.2 Å². The first kappa shape index (κ1) is 9.99. The van der Waals surface area contributed by atoms with Gasteiger partial charge in [0, 0.05) is 6.42 Å². The van der Waals surface area contributed by atoms with Gasteiger partial charge in [-0.1, -0.05) is 18.5 Å². The van der Waals surface area contributed by atoms with Crippen LogP contribution in [0.3, 0.4) is 0 Å². The zero-order valence-electron chi connectivity index (χ0n) is 7.60. The number of aryl methyl sites for hydroxylation is 1. The molecule has 1 aromatic heterocycles. The minimum atomic E-state index is -0.0245. The smallest absolute Gasteiger partial charge is 0.224 e. The van der Waals surface area contributed by atoms with Crippen molar-refractivity contribution in [3.63, 3.8) is 0 Å². The van der Waals surface area contributed by atoms with E-state index >= 15 is 0 Å². The van der Waals surface area contributed by atoms with Crippen LogP contribution in [0.4, 0.5) is 5.69 Å². The number of carbonyl (C=O) groups excluding carboxylic acids is 1. The lowest BCUT2D eigenvalue weighted by Crippen LogP contribution is -2.09. The van der Waals surface area contributed by atoms with E-state index in [-0.39, 0.29) is 5.91 Å². The summed E-state index contributed by atoms with van der Waals surface area (Å²) in [7, 11) is 0. The summed E-state index contributed by atoms with van der Waals surface area (Å²) in [6, 6.07) is 1.79. The number of rotatable bonds is 2. The first-order valence-electron chi connectivity index (χ1n) is 4.05. The second kappa shape index (κ2) is 4.23. The number of pyridine rings is 1. The Morgan fingerprint density at radius 3 is 2.92 bits per heavy atom. The predicted octanol–water partition coefficient (Wildman–Crippen LogP) is 2.39. The van der Waals surface area contributed by atoms with Gasteiger partial charge in [-0.15, -0.1) is 0 Å². The Bertz CT molecular complexity index is 325. The van der Waals surface area contributed by atoms with Gasteiger partial charge in [-0.3, -0.25) is 4.79 Å². The van der Waals surface area contributed by atoms with Gasteiger partial charge in [-0.05, 0) is 18.6 Å². The van der Waals surface area contributed by atoms with Gasteiger partial charge < -0.3 is 5.32 Å². The lowest BCUT2D eigenvalue weighted by Gasteiger charge is -2.04. The van der Waals surface area contributed by atoms with Crippen molar-refractivity contribution in [2.75, 3.05) is 5.32 Å². The molecule has 3 nitrogen and oxygen atoms in total. The maximum atomic E-state index is 11.0. The standard InChI is InChI=1S/C9H11ClN2O/c1-3-8(13)12-7-4-6(2)9(10)11-5-7/h4-5H,3H2,1-2H3,(H,12,13). The number of hydrogen-bond donors (Lipinski definition) is 1. The average molecular weight is 199 g/mol. The quantitative estimate of drug-likeness (QED) is 0.742. The third-order valence-corrected chi connectivity index (χ3v) is 2.01. The van der Waals surface area contributed by atoms with Gasteiger partial charge in [-0.2, -0.15) is 0 Å². The first-order valence-corrected chi connectivity index (χ1v) is 4.43. The van der Waals surface area contributed by atoms with E-state index in [4.69, 9.17) is 11.6 Å². The molecule has 0 aliphatic carbocycles. The molecule has 4 heteroatoms. The number of aromatic nitrogens is 1. The summed E-state index contributed by atoms with van der Waals surface area (Å²) in [5, 5.41) is 3.17. The molecule has 1 N–H and O–H groups in total. The van der Waals surface area contributed by atoms with Crippen LogP contribution in [-0.2, 0) is 4.79 Å². The van der Waals surface area contributed by atoms with E-state index in [2.05, 4.69) is 10.3 Å². The van der Waals surface area contributed by atoms with Gasteiger partial charge in [0.1, 0.15) is 5.15 Å². The Hall–Kier alpha value is -1.09. The molecule has 1 rings (SSSR count). The molecule has 0 saturated carbocycles. The number of nitrogens with zero attached hydrogens (tertiary/aromatic N) is 1. The van der Waals surface area contributed by atoms with Crippen molar-refractivity contribution in [3.8, 4) is 0 Å². The van der Waals surface area contributed by atoms with Gasteiger partial charge >= 0.3 is 0 Å². The number of hydrogen-bond acceptors (Lipinski definition) is 2. The molecule has 0 spiro atoms. The minimum absolute atomic E-state index is 0.0245. The number of carbonyl (C=O) groups is 1. The van der Waals surface area contributed by atoms with E-state index in [0.29, 0.717) is 17.3 Å². The molecule has 0 unspecified atom stereocenters. The first-order chi connectivity index (χ1) is 6.13. The Morgan fingerprint density at radius 1 is 1.69 bits per heavy atom. The lowest BCUT2D eigenvalue weighted by atomic mass is 10.3. The summed E-state index contributed by atoms with van der Waals surface area (Å²) in [5.41, 5.74) is 1.55. The summed E-state index contributed by atoms with van der Waals surface area (Å²) in [6.07, 6.45) is 2.00. The van der Waals surface area contributed by atoms with Crippen LogP contribution in [0, 0.1) is 6.92 Å². The van der Waals surface area contributed by atoms with Crippen LogP contribution >= 0.6 is 11.6 Å². The highest BCUT2D eigenvalue weighted by Crippen LogP contribution is 2.15. The summed E-state index contributed by atoms with van der Waals surface area (Å²) in [4.78, 5) is 14.9. The number of anilines is 1. The SMILES string of the molecule is CCC(=O)Nc1cnc(Cl)c(C)c1. The molecule has 0 fully saturated rings. The molecular formula is C9H11ClN2O. The molecular weight excluding hydrogens is 188 g/mol. The van der Waals surface area contributed by atoms with Crippen LogP contribution in [0.1, 0.15) is 18.9 Å². The van der Waals surface area contributed by atoms with Crippen molar-refractivity contribution < 1.29 is 4.79 Å². The van der Waals surface area contributed by atoms with Gasteiger partial charge in [-0.25, -0.2) is 4.98 Å².